The molecule has 2 aromatic carbocycles. The van der Waals surface area contributed by atoms with Crippen LogP contribution in [0, 0.1) is 0 Å². The number of H-pyrrole nitrogens is 1. The largest absolute Gasteiger partial charge is 0.493 e. The van der Waals surface area contributed by atoms with E-state index in [4.69, 9.17) is 9.47 Å². The number of sulfonamides is 1. The molecule has 1 aromatic heterocycles. The first-order valence-electron chi connectivity index (χ1n) is 10.5. The van der Waals surface area contributed by atoms with Gasteiger partial charge in [-0.3, -0.25) is 0 Å². The minimum absolute atomic E-state index is 0.0458. The summed E-state index contributed by atoms with van der Waals surface area (Å²) in [5.74, 6) is 0.157. The number of ether oxygens (including phenoxy) is 3. The number of hydrogen-bond donors (Lipinski definition) is 2. The number of aromatic amines is 1. The Morgan fingerprint density at radius 3 is 2.50 bits per heavy atom. The molecule has 3 aromatic rings. The Labute approximate surface area is 198 Å². The first kappa shape index (κ1) is 25.0. The number of methoxy groups -OCH3 is 3. The number of aromatic nitrogens is 2. The molecular formula is C24H27N3O6S. The van der Waals surface area contributed by atoms with Crippen LogP contribution in [0.5, 0.6) is 11.5 Å². The third-order valence-corrected chi connectivity index (χ3v) is 6.56. The molecule has 34 heavy (non-hydrogen) atoms. The van der Waals surface area contributed by atoms with Gasteiger partial charge in [-0.2, -0.15) is 0 Å². The summed E-state index contributed by atoms with van der Waals surface area (Å²) in [4.78, 5) is 18.9. The fraction of sp³-hybridized carbons (Fsp3) is 0.250. The molecule has 0 bridgehead atoms. The van der Waals surface area contributed by atoms with Crippen molar-refractivity contribution in [2.75, 3.05) is 21.3 Å². The SMILES string of the molecule is CCC(NS(=O)(=O)c1cc(/C=C/C(=O)OC)cc(OC)c1OC)c1ncc(-c2ccccc2)[nH]1. The van der Waals surface area contributed by atoms with E-state index in [1.54, 1.807) is 12.3 Å². The van der Waals surface area contributed by atoms with E-state index in [1.165, 1.54) is 39.5 Å². The van der Waals surface area contributed by atoms with E-state index in [0.29, 0.717) is 17.8 Å². The van der Waals surface area contributed by atoms with E-state index < -0.39 is 22.0 Å². The van der Waals surface area contributed by atoms with Crippen LogP contribution in [-0.2, 0) is 19.6 Å². The zero-order valence-electron chi connectivity index (χ0n) is 19.4. The van der Waals surface area contributed by atoms with E-state index in [0.717, 1.165) is 11.3 Å². The van der Waals surface area contributed by atoms with Gasteiger partial charge in [-0.05, 0) is 35.8 Å². The van der Waals surface area contributed by atoms with E-state index in [2.05, 4.69) is 19.4 Å². The van der Waals surface area contributed by atoms with Gasteiger partial charge >= 0.3 is 5.97 Å². The molecule has 1 atom stereocenters. The van der Waals surface area contributed by atoms with E-state index >= 15 is 0 Å². The van der Waals surface area contributed by atoms with Crippen molar-refractivity contribution in [1.82, 2.24) is 14.7 Å². The lowest BCUT2D eigenvalue weighted by Gasteiger charge is -2.18. The van der Waals surface area contributed by atoms with Crippen molar-refractivity contribution in [1.29, 1.82) is 0 Å². The first-order chi connectivity index (χ1) is 16.3. The highest BCUT2D eigenvalue weighted by Crippen LogP contribution is 2.37. The molecule has 0 saturated carbocycles. The van der Waals surface area contributed by atoms with Crippen molar-refractivity contribution in [3.63, 3.8) is 0 Å². The second kappa shape index (κ2) is 11.0. The Kier molecular flexibility index (Phi) is 8.08. The third kappa shape index (κ3) is 5.64. The Balaban J connectivity index is 1.97. The zero-order valence-corrected chi connectivity index (χ0v) is 20.2. The first-order valence-corrected chi connectivity index (χ1v) is 12.0. The second-order valence-electron chi connectivity index (χ2n) is 7.24. The van der Waals surface area contributed by atoms with Crippen molar-refractivity contribution >= 4 is 22.1 Å². The van der Waals surface area contributed by atoms with Crippen molar-refractivity contribution in [2.24, 2.45) is 0 Å². The van der Waals surface area contributed by atoms with Crippen molar-refractivity contribution in [3.05, 3.63) is 66.1 Å². The Morgan fingerprint density at radius 2 is 1.88 bits per heavy atom. The fourth-order valence-corrected chi connectivity index (χ4v) is 4.84. The summed E-state index contributed by atoms with van der Waals surface area (Å²) in [6.07, 6.45) is 4.74. The molecule has 0 saturated heterocycles. The van der Waals surface area contributed by atoms with E-state index in [-0.39, 0.29) is 16.4 Å². The molecule has 0 fully saturated rings. The molecule has 10 heteroatoms. The van der Waals surface area contributed by atoms with Gasteiger partial charge in [0.25, 0.3) is 0 Å². The summed E-state index contributed by atoms with van der Waals surface area (Å²) in [6, 6.07) is 12.0. The molecular weight excluding hydrogens is 458 g/mol. The van der Waals surface area contributed by atoms with E-state index in [9.17, 15) is 13.2 Å². The molecule has 1 heterocycles. The van der Waals surface area contributed by atoms with Gasteiger partial charge in [0.15, 0.2) is 11.5 Å². The summed E-state index contributed by atoms with van der Waals surface area (Å²) in [5.41, 5.74) is 2.14. The standard InChI is InChI=1S/C24H27N3O6S/c1-5-18(24-25-15-19(26-24)17-9-7-6-8-10-17)27-34(29,30)21-14-16(11-12-22(28)32-3)13-20(31-2)23(21)33-4/h6-15,18,27H,5H2,1-4H3,(H,25,26)/b12-11+. The van der Waals surface area contributed by atoms with Gasteiger partial charge in [0, 0.05) is 6.08 Å². The van der Waals surface area contributed by atoms with Crippen LogP contribution in [-0.4, -0.2) is 45.7 Å². The van der Waals surface area contributed by atoms with Crippen LogP contribution in [0.1, 0.15) is 30.8 Å². The minimum atomic E-state index is -4.08. The van der Waals surface area contributed by atoms with Crippen LogP contribution in [0.2, 0.25) is 0 Å². The number of rotatable bonds is 10. The highest BCUT2D eigenvalue weighted by atomic mass is 32.2. The number of carbonyl (C=O) groups is 1. The maximum Gasteiger partial charge on any atom is 0.330 e. The van der Waals surface area contributed by atoms with Crippen LogP contribution >= 0.6 is 0 Å². The van der Waals surface area contributed by atoms with Crippen LogP contribution in [0.4, 0.5) is 0 Å². The summed E-state index contributed by atoms with van der Waals surface area (Å²) >= 11 is 0. The van der Waals surface area contributed by atoms with Gasteiger partial charge < -0.3 is 19.2 Å². The normalized spacial score (nSPS) is 12.5. The lowest BCUT2D eigenvalue weighted by atomic mass is 10.2. The molecule has 0 aliphatic heterocycles. The molecule has 0 spiro atoms. The van der Waals surface area contributed by atoms with Gasteiger partial charge in [-0.15, -0.1) is 0 Å². The van der Waals surface area contributed by atoms with Crippen LogP contribution in [0.15, 0.2) is 59.6 Å². The van der Waals surface area contributed by atoms with Crippen LogP contribution < -0.4 is 14.2 Å². The molecule has 1 unspecified atom stereocenters. The van der Waals surface area contributed by atoms with Crippen molar-refractivity contribution in [3.8, 4) is 22.8 Å². The highest BCUT2D eigenvalue weighted by Gasteiger charge is 2.28. The Bertz CT molecular complexity index is 1270. The average molecular weight is 486 g/mol. The van der Waals surface area contributed by atoms with E-state index in [1.807, 2.05) is 37.3 Å². The summed E-state index contributed by atoms with van der Waals surface area (Å²) < 4.78 is 44.9. The van der Waals surface area contributed by atoms with Gasteiger partial charge in [0.05, 0.1) is 39.3 Å². The Hall–Kier alpha value is -3.63. The fourth-order valence-electron chi connectivity index (χ4n) is 3.34. The second-order valence-corrected chi connectivity index (χ2v) is 8.92. The number of hydrogen-bond acceptors (Lipinski definition) is 7. The number of imidazole rings is 1. The van der Waals surface area contributed by atoms with Crippen molar-refractivity contribution < 1.29 is 27.4 Å². The molecule has 0 radical (unpaired) electrons. The summed E-state index contributed by atoms with van der Waals surface area (Å²) in [6.45, 7) is 1.85. The third-order valence-electron chi connectivity index (χ3n) is 5.09. The number of benzene rings is 2. The topological polar surface area (TPSA) is 120 Å². The van der Waals surface area contributed by atoms with Gasteiger partial charge in [0.1, 0.15) is 10.7 Å². The number of carbonyl (C=O) groups excluding carboxylic acids is 1. The lowest BCUT2D eigenvalue weighted by molar-refractivity contribution is -0.134. The molecule has 2 N–H and O–H groups in total. The minimum Gasteiger partial charge on any atom is -0.493 e. The quantitative estimate of drug-likeness (QED) is 0.332. The van der Waals surface area contributed by atoms with Gasteiger partial charge in [-0.25, -0.2) is 22.9 Å². The molecule has 0 amide bonds. The number of esters is 1. The number of nitrogens with one attached hydrogen (secondary N) is 2. The number of nitrogens with zero attached hydrogens (tertiary/aromatic N) is 1. The smallest absolute Gasteiger partial charge is 0.330 e. The van der Waals surface area contributed by atoms with Crippen molar-refractivity contribution in [2.45, 2.75) is 24.3 Å². The molecule has 180 valence electrons. The Morgan fingerprint density at radius 1 is 1.15 bits per heavy atom. The predicted molar refractivity (Wildman–Crippen MR) is 128 cm³/mol. The predicted octanol–water partition coefficient (Wildman–Crippen LogP) is 3.71. The van der Waals surface area contributed by atoms with Gasteiger partial charge in [-0.1, -0.05) is 37.3 Å². The average Bonchev–Trinajstić information content (AvgIpc) is 3.35. The summed E-state index contributed by atoms with van der Waals surface area (Å²) in [7, 11) is -0.0694. The maximum atomic E-state index is 13.4. The molecule has 0 aliphatic carbocycles. The molecule has 3 rings (SSSR count). The molecule has 0 aliphatic rings. The summed E-state index contributed by atoms with van der Waals surface area (Å²) in [5, 5.41) is 0. The highest BCUT2D eigenvalue weighted by molar-refractivity contribution is 7.89. The van der Waals surface area contributed by atoms with Crippen LogP contribution in [0.25, 0.3) is 17.3 Å². The van der Waals surface area contributed by atoms with Gasteiger partial charge in [0.2, 0.25) is 10.0 Å². The maximum absolute atomic E-state index is 13.4. The monoisotopic (exact) mass is 485 g/mol. The van der Waals surface area contributed by atoms with Crippen LogP contribution in [0.3, 0.4) is 0 Å². The lowest BCUT2D eigenvalue weighted by Crippen LogP contribution is -2.29. The molecule has 9 nitrogen and oxygen atoms in total. The zero-order chi connectivity index (χ0) is 24.7.